The number of aromatic nitrogens is 4. The van der Waals surface area contributed by atoms with Gasteiger partial charge < -0.3 is 16.0 Å². The summed E-state index contributed by atoms with van der Waals surface area (Å²) in [5.41, 5.74) is 1.28. The average Bonchev–Trinajstić information content (AvgIpc) is 3.29. The molecule has 0 unspecified atom stereocenters. The highest BCUT2D eigenvalue weighted by molar-refractivity contribution is 14.0. The molecule has 27 heavy (non-hydrogen) atoms. The van der Waals surface area contributed by atoms with Crippen LogP contribution in [0.1, 0.15) is 39.0 Å². The Balaban J connectivity index is 0.00000261. The highest BCUT2D eigenvalue weighted by Gasteiger charge is 2.31. The maximum Gasteiger partial charge on any atom is 0.191 e. The Kier molecular flexibility index (Phi) is 8.06. The summed E-state index contributed by atoms with van der Waals surface area (Å²) in [6, 6.07) is 0. The van der Waals surface area contributed by atoms with Crippen molar-refractivity contribution >= 4 is 46.8 Å². The fourth-order valence-electron chi connectivity index (χ4n) is 3.74. The zero-order valence-corrected chi connectivity index (χ0v) is 18.8. The molecule has 0 bridgehead atoms. The molecule has 1 saturated carbocycles. The second-order valence-corrected chi connectivity index (χ2v) is 7.07. The van der Waals surface area contributed by atoms with Crippen LogP contribution in [0.15, 0.2) is 17.5 Å². The van der Waals surface area contributed by atoms with Gasteiger partial charge in [-0.15, -0.1) is 24.0 Å². The lowest BCUT2D eigenvalue weighted by atomic mass is 9.83. The van der Waals surface area contributed by atoms with Gasteiger partial charge in [0.15, 0.2) is 11.6 Å². The molecule has 9 heteroatoms. The minimum absolute atomic E-state index is 0. The molecular formula is C18H31IN8. The summed E-state index contributed by atoms with van der Waals surface area (Å²) < 4.78 is 1.75. The van der Waals surface area contributed by atoms with Crippen molar-refractivity contribution in [2.45, 2.75) is 39.0 Å². The summed E-state index contributed by atoms with van der Waals surface area (Å²) in [7, 11) is 3.70. The molecule has 0 saturated heterocycles. The molecule has 2 aromatic rings. The monoisotopic (exact) mass is 486 g/mol. The van der Waals surface area contributed by atoms with E-state index in [2.05, 4.69) is 42.9 Å². The summed E-state index contributed by atoms with van der Waals surface area (Å²) in [4.78, 5) is 12.9. The highest BCUT2D eigenvalue weighted by Crippen LogP contribution is 2.40. The van der Waals surface area contributed by atoms with Gasteiger partial charge in [0.2, 0.25) is 0 Å². The number of aryl methyl sites for hydroxylation is 1. The summed E-state index contributed by atoms with van der Waals surface area (Å²) >= 11 is 0. The van der Waals surface area contributed by atoms with E-state index in [1.165, 1.54) is 32.1 Å². The molecule has 0 radical (unpaired) electrons. The van der Waals surface area contributed by atoms with Gasteiger partial charge >= 0.3 is 0 Å². The number of hydrogen-bond acceptors (Lipinski definition) is 5. The number of nitrogens with zero attached hydrogens (tertiary/aromatic N) is 5. The Morgan fingerprint density at radius 3 is 2.70 bits per heavy atom. The van der Waals surface area contributed by atoms with Gasteiger partial charge in [0.1, 0.15) is 12.1 Å². The van der Waals surface area contributed by atoms with Gasteiger partial charge in [-0.1, -0.05) is 19.8 Å². The smallest absolute Gasteiger partial charge is 0.191 e. The normalized spacial score (nSPS) is 16.2. The number of nitrogens with one attached hydrogen (secondary N) is 3. The Hall–Kier alpha value is -1.65. The van der Waals surface area contributed by atoms with Crippen LogP contribution in [0, 0.1) is 5.41 Å². The van der Waals surface area contributed by atoms with Gasteiger partial charge in [0.05, 0.1) is 11.6 Å². The quantitative estimate of drug-likeness (QED) is 0.241. The Labute approximate surface area is 178 Å². The van der Waals surface area contributed by atoms with E-state index in [1.54, 1.807) is 17.2 Å². The highest BCUT2D eigenvalue weighted by atomic mass is 127. The second-order valence-electron chi connectivity index (χ2n) is 7.07. The van der Waals surface area contributed by atoms with Crippen molar-refractivity contribution in [1.82, 2.24) is 30.4 Å². The van der Waals surface area contributed by atoms with Crippen molar-refractivity contribution in [2.75, 3.05) is 32.0 Å². The predicted molar refractivity (Wildman–Crippen MR) is 121 cm³/mol. The number of anilines is 1. The first-order chi connectivity index (χ1) is 12.7. The molecule has 8 nitrogen and oxygen atoms in total. The van der Waals surface area contributed by atoms with Crippen molar-refractivity contribution in [2.24, 2.45) is 17.5 Å². The van der Waals surface area contributed by atoms with Gasteiger partial charge in [0.25, 0.3) is 0 Å². The van der Waals surface area contributed by atoms with Gasteiger partial charge in [-0.25, -0.2) is 9.97 Å². The van der Waals surface area contributed by atoms with Crippen LogP contribution in [0.25, 0.3) is 11.0 Å². The molecule has 1 fully saturated rings. The molecule has 0 amide bonds. The lowest BCUT2D eigenvalue weighted by molar-refractivity contribution is 0.283. The minimum Gasteiger partial charge on any atom is -0.368 e. The van der Waals surface area contributed by atoms with Crippen LogP contribution in [-0.2, 0) is 7.05 Å². The van der Waals surface area contributed by atoms with Crippen LogP contribution in [0.4, 0.5) is 5.82 Å². The molecular weight excluding hydrogens is 455 g/mol. The molecule has 3 rings (SSSR count). The lowest BCUT2D eigenvalue weighted by Crippen LogP contribution is -2.44. The molecule has 150 valence electrons. The zero-order valence-electron chi connectivity index (χ0n) is 16.5. The van der Waals surface area contributed by atoms with Crippen LogP contribution in [0.5, 0.6) is 0 Å². The third kappa shape index (κ3) is 5.20. The van der Waals surface area contributed by atoms with Gasteiger partial charge in [-0.2, -0.15) is 5.10 Å². The standard InChI is InChI=1S/C18H30N8.HI/c1-4-18(7-5-6-8-18)12-22-17(19-2)21-10-9-20-15-14-11-25-26(3)16(14)24-13-23-15;/h11,13H,4-10,12H2,1-3H3,(H2,19,21,22)(H,20,23,24);1H. The van der Waals surface area contributed by atoms with Crippen LogP contribution in [0.3, 0.4) is 0 Å². The van der Waals surface area contributed by atoms with E-state index in [4.69, 9.17) is 0 Å². The average molecular weight is 486 g/mol. The van der Waals surface area contributed by atoms with E-state index >= 15 is 0 Å². The lowest BCUT2D eigenvalue weighted by Gasteiger charge is -2.28. The number of hydrogen-bond donors (Lipinski definition) is 3. The molecule has 0 spiro atoms. The van der Waals surface area contributed by atoms with Crippen molar-refractivity contribution in [3.63, 3.8) is 0 Å². The van der Waals surface area contributed by atoms with E-state index in [1.807, 2.05) is 14.1 Å². The topological polar surface area (TPSA) is 92.1 Å². The number of guanidine groups is 1. The molecule has 0 aromatic carbocycles. The summed E-state index contributed by atoms with van der Waals surface area (Å²) in [6.07, 6.45) is 9.94. The molecule has 1 aliphatic rings. The van der Waals surface area contributed by atoms with Crippen LogP contribution < -0.4 is 16.0 Å². The molecule has 2 heterocycles. The molecule has 1 aliphatic carbocycles. The Morgan fingerprint density at radius 2 is 2.00 bits per heavy atom. The van der Waals surface area contributed by atoms with E-state index in [-0.39, 0.29) is 24.0 Å². The third-order valence-corrected chi connectivity index (χ3v) is 5.51. The summed E-state index contributed by atoms with van der Waals surface area (Å²) in [5.74, 6) is 1.67. The maximum absolute atomic E-state index is 4.34. The Bertz CT molecular complexity index is 751. The van der Waals surface area contributed by atoms with Crippen LogP contribution >= 0.6 is 24.0 Å². The van der Waals surface area contributed by atoms with E-state index in [0.717, 1.165) is 42.4 Å². The fraction of sp³-hybridized carbons (Fsp3) is 0.667. The molecule has 0 atom stereocenters. The van der Waals surface area contributed by atoms with Gasteiger partial charge in [0, 0.05) is 33.7 Å². The van der Waals surface area contributed by atoms with E-state index in [0.29, 0.717) is 5.41 Å². The number of aliphatic imine (C=N–C) groups is 1. The summed E-state index contributed by atoms with van der Waals surface area (Å²) in [5, 5.41) is 15.4. The summed E-state index contributed by atoms with van der Waals surface area (Å²) in [6.45, 7) is 4.79. The Morgan fingerprint density at radius 1 is 1.22 bits per heavy atom. The van der Waals surface area contributed by atoms with Gasteiger partial charge in [-0.3, -0.25) is 9.67 Å². The minimum atomic E-state index is 0. The van der Waals surface area contributed by atoms with Crippen molar-refractivity contribution in [3.05, 3.63) is 12.5 Å². The van der Waals surface area contributed by atoms with E-state index in [9.17, 15) is 0 Å². The van der Waals surface area contributed by atoms with Crippen LogP contribution in [-0.4, -0.2) is 52.4 Å². The molecule has 0 aliphatic heterocycles. The maximum atomic E-state index is 4.34. The second kappa shape index (κ2) is 10.0. The zero-order chi connectivity index (χ0) is 18.4. The van der Waals surface area contributed by atoms with Crippen molar-refractivity contribution in [3.8, 4) is 0 Å². The third-order valence-electron chi connectivity index (χ3n) is 5.51. The first kappa shape index (κ1) is 21.6. The van der Waals surface area contributed by atoms with E-state index < -0.39 is 0 Å². The van der Waals surface area contributed by atoms with Crippen molar-refractivity contribution in [1.29, 1.82) is 0 Å². The SMILES string of the molecule is CCC1(CNC(=NC)NCCNc2ncnc3c2cnn3C)CCCC1.I. The number of fused-ring (bicyclic) bond motifs is 1. The van der Waals surface area contributed by atoms with Crippen molar-refractivity contribution < 1.29 is 0 Å². The molecule has 2 aromatic heterocycles. The first-order valence-corrected chi connectivity index (χ1v) is 9.48. The molecule has 3 N–H and O–H groups in total. The van der Waals surface area contributed by atoms with Gasteiger partial charge in [-0.05, 0) is 24.7 Å². The fourth-order valence-corrected chi connectivity index (χ4v) is 3.74. The first-order valence-electron chi connectivity index (χ1n) is 9.48. The number of rotatable bonds is 7. The predicted octanol–water partition coefficient (Wildman–Crippen LogP) is 2.53. The van der Waals surface area contributed by atoms with Crippen LogP contribution in [0.2, 0.25) is 0 Å². The number of halogens is 1. The largest absolute Gasteiger partial charge is 0.368 e.